The lowest BCUT2D eigenvalue weighted by molar-refractivity contribution is -0.122. The molecule has 1 atom stereocenters. The molecule has 1 unspecified atom stereocenters. The van der Waals surface area contributed by atoms with Crippen LogP contribution in [0.25, 0.3) is 0 Å². The van der Waals surface area contributed by atoms with Gasteiger partial charge in [0.2, 0.25) is 5.91 Å². The van der Waals surface area contributed by atoms with Crippen molar-refractivity contribution in [3.05, 3.63) is 28.2 Å². The van der Waals surface area contributed by atoms with Crippen molar-refractivity contribution >= 4 is 17.2 Å². The molecule has 7 nitrogen and oxygen atoms in total. The van der Waals surface area contributed by atoms with Gasteiger partial charge in [0.25, 0.3) is 0 Å². The summed E-state index contributed by atoms with van der Waals surface area (Å²) in [5, 5.41) is 18.9. The fourth-order valence-corrected chi connectivity index (χ4v) is 3.55. The summed E-state index contributed by atoms with van der Waals surface area (Å²) in [6.45, 7) is 5.06. The molecule has 1 amide bonds. The highest BCUT2D eigenvalue weighted by atomic mass is 32.1. The minimum Gasteiger partial charge on any atom is -0.352 e. The molecule has 8 heteroatoms. The monoisotopic (exact) mass is 334 g/mol. The summed E-state index contributed by atoms with van der Waals surface area (Å²) >= 11 is 1.67. The van der Waals surface area contributed by atoms with Gasteiger partial charge in [-0.05, 0) is 72.1 Å². The van der Waals surface area contributed by atoms with E-state index >= 15 is 0 Å². The van der Waals surface area contributed by atoms with E-state index in [9.17, 15) is 4.79 Å². The predicted octanol–water partition coefficient (Wildman–Crippen LogP) is 1.08. The van der Waals surface area contributed by atoms with Crippen molar-refractivity contribution in [3.8, 4) is 0 Å². The topological polar surface area (TPSA) is 75.9 Å². The third-order valence-corrected chi connectivity index (χ3v) is 4.72. The maximum Gasteiger partial charge on any atom is 0.242 e. The Kier molecular flexibility index (Phi) is 5.35. The van der Waals surface area contributed by atoms with Crippen LogP contribution in [0.2, 0.25) is 0 Å². The van der Waals surface area contributed by atoms with Gasteiger partial charge in [-0.2, -0.15) is 11.3 Å². The van der Waals surface area contributed by atoms with Gasteiger partial charge in [-0.1, -0.05) is 0 Å². The van der Waals surface area contributed by atoms with E-state index < -0.39 is 0 Å². The summed E-state index contributed by atoms with van der Waals surface area (Å²) in [6, 6.07) is 2.18. The number of tetrazole rings is 1. The van der Waals surface area contributed by atoms with Crippen molar-refractivity contribution in [2.75, 3.05) is 13.1 Å². The van der Waals surface area contributed by atoms with Gasteiger partial charge in [-0.25, -0.2) is 4.68 Å². The number of thiophene rings is 1. The van der Waals surface area contributed by atoms with Crippen molar-refractivity contribution in [2.45, 2.75) is 45.3 Å². The maximum atomic E-state index is 12.2. The third kappa shape index (κ3) is 4.59. The average molecular weight is 334 g/mol. The Morgan fingerprint density at radius 2 is 2.26 bits per heavy atom. The Hall–Kier alpha value is -1.80. The molecule has 0 spiro atoms. The molecular formula is C15H22N6OS. The van der Waals surface area contributed by atoms with Gasteiger partial charge < -0.3 is 5.32 Å². The van der Waals surface area contributed by atoms with Crippen LogP contribution in [0.3, 0.4) is 0 Å². The molecule has 1 fully saturated rings. The smallest absolute Gasteiger partial charge is 0.242 e. The lowest BCUT2D eigenvalue weighted by Crippen LogP contribution is -2.37. The number of likely N-dealkylation sites (tertiary alicyclic amines) is 1. The third-order valence-electron chi connectivity index (χ3n) is 3.99. The summed E-state index contributed by atoms with van der Waals surface area (Å²) in [5.74, 6) is 0.704. The van der Waals surface area contributed by atoms with E-state index in [0.29, 0.717) is 6.54 Å². The molecule has 1 N–H and O–H groups in total. The highest BCUT2D eigenvalue weighted by Crippen LogP contribution is 2.11. The molecule has 0 radical (unpaired) electrons. The Balaban J connectivity index is 1.50. The zero-order chi connectivity index (χ0) is 16.1. The number of carbonyl (C=O) groups is 1. The second-order valence-electron chi connectivity index (χ2n) is 6.04. The molecule has 2 aromatic heterocycles. The van der Waals surface area contributed by atoms with E-state index in [2.05, 4.69) is 42.6 Å². The number of hydrogen-bond acceptors (Lipinski definition) is 6. The van der Waals surface area contributed by atoms with Crippen LogP contribution in [-0.4, -0.2) is 50.1 Å². The fourth-order valence-electron chi connectivity index (χ4n) is 2.87. The first kappa shape index (κ1) is 16.1. The van der Waals surface area contributed by atoms with Crippen molar-refractivity contribution in [1.82, 2.24) is 30.4 Å². The van der Waals surface area contributed by atoms with Crippen molar-refractivity contribution in [2.24, 2.45) is 0 Å². The molecule has 3 rings (SSSR count). The highest BCUT2D eigenvalue weighted by Gasteiger charge is 2.17. The fraction of sp³-hybridized carbons (Fsp3) is 0.600. The molecule has 0 aliphatic carbocycles. The summed E-state index contributed by atoms with van der Waals surface area (Å²) in [7, 11) is 0. The van der Waals surface area contributed by atoms with Crippen LogP contribution >= 0.6 is 11.3 Å². The molecule has 1 aliphatic rings. The van der Waals surface area contributed by atoms with Crippen LogP contribution in [0.5, 0.6) is 0 Å². The number of nitrogens with one attached hydrogen (secondary N) is 1. The normalized spacial score (nSPS) is 16.6. The van der Waals surface area contributed by atoms with Crippen LogP contribution in [0.4, 0.5) is 0 Å². The van der Waals surface area contributed by atoms with Gasteiger partial charge in [-0.15, -0.1) is 5.10 Å². The molecule has 0 saturated carbocycles. The maximum absolute atomic E-state index is 12.2. The minimum atomic E-state index is -0.0531. The van der Waals surface area contributed by atoms with Crippen molar-refractivity contribution < 1.29 is 4.79 Å². The molecular weight excluding hydrogens is 312 g/mol. The van der Waals surface area contributed by atoms with E-state index in [1.165, 1.54) is 18.4 Å². The Bertz CT molecular complexity index is 620. The van der Waals surface area contributed by atoms with E-state index in [4.69, 9.17) is 0 Å². The second kappa shape index (κ2) is 7.65. The van der Waals surface area contributed by atoms with E-state index in [1.54, 1.807) is 16.0 Å². The minimum absolute atomic E-state index is 0.0531. The van der Waals surface area contributed by atoms with Crippen LogP contribution in [-0.2, 0) is 24.3 Å². The van der Waals surface area contributed by atoms with E-state index in [-0.39, 0.29) is 18.5 Å². The summed E-state index contributed by atoms with van der Waals surface area (Å²) in [4.78, 5) is 14.5. The van der Waals surface area contributed by atoms with Gasteiger partial charge in [0.1, 0.15) is 6.54 Å². The van der Waals surface area contributed by atoms with Gasteiger partial charge in [0.05, 0.1) is 6.54 Å². The highest BCUT2D eigenvalue weighted by molar-refractivity contribution is 7.07. The van der Waals surface area contributed by atoms with Gasteiger partial charge in [-0.3, -0.25) is 9.69 Å². The van der Waals surface area contributed by atoms with Gasteiger partial charge >= 0.3 is 0 Å². The Morgan fingerprint density at radius 1 is 1.43 bits per heavy atom. The molecule has 124 valence electrons. The average Bonchev–Trinajstić information content (AvgIpc) is 3.23. The number of carbonyl (C=O) groups excluding carboxylic acids is 1. The molecule has 23 heavy (non-hydrogen) atoms. The molecule has 1 saturated heterocycles. The van der Waals surface area contributed by atoms with Crippen molar-refractivity contribution in [1.29, 1.82) is 0 Å². The van der Waals surface area contributed by atoms with Crippen molar-refractivity contribution in [3.63, 3.8) is 0 Å². The van der Waals surface area contributed by atoms with E-state index in [0.717, 1.165) is 25.3 Å². The number of hydrogen-bond donors (Lipinski definition) is 1. The van der Waals surface area contributed by atoms with Crippen LogP contribution in [0.1, 0.15) is 31.2 Å². The SMILES string of the molecule is CC(Cc1ccsc1)NC(=O)Cn1nnnc1CN1CCCC1. The number of rotatable bonds is 7. The largest absolute Gasteiger partial charge is 0.352 e. The number of amides is 1. The van der Waals surface area contributed by atoms with Gasteiger partial charge in [0, 0.05) is 6.04 Å². The first-order valence-corrected chi connectivity index (χ1v) is 8.93. The lowest BCUT2D eigenvalue weighted by atomic mass is 10.1. The number of aromatic nitrogens is 4. The zero-order valence-electron chi connectivity index (χ0n) is 13.3. The molecule has 0 aromatic carbocycles. The van der Waals surface area contributed by atoms with Crippen LogP contribution in [0, 0.1) is 0 Å². The number of nitrogens with zero attached hydrogens (tertiary/aromatic N) is 5. The first-order chi connectivity index (χ1) is 11.2. The Morgan fingerprint density at radius 3 is 3.00 bits per heavy atom. The summed E-state index contributed by atoms with van der Waals surface area (Å²) in [6.07, 6.45) is 3.29. The molecule has 0 bridgehead atoms. The Labute approximate surface area is 139 Å². The molecule has 1 aliphatic heterocycles. The van der Waals surface area contributed by atoms with E-state index in [1.807, 2.05) is 6.92 Å². The molecule has 2 aromatic rings. The van der Waals surface area contributed by atoms with Gasteiger partial charge in [0.15, 0.2) is 5.82 Å². The molecule has 3 heterocycles. The standard InChI is InChI=1S/C15H22N6OS/c1-12(8-13-4-7-23-11-13)16-15(22)10-21-14(17-18-19-21)9-20-5-2-3-6-20/h4,7,11-12H,2-3,5-6,8-10H2,1H3,(H,16,22). The summed E-state index contributed by atoms with van der Waals surface area (Å²) < 4.78 is 1.60. The quantitative estimate of drug-likeness (QED) is 0.820. The zero-order valence-corrected chi connectivity index (χ0v) is 14.1. The lowest BCUT2D eigenvalue weighted by Gasteiger charge is -2.15. The van der Waals surface area contributed by atoms with Crippen LogP contribution in [0.15, 0.2) is 16.8 Å². The second-order valence-corrected chi connectivity index (χ2v) is 6.82. The van der Waals surface area contributed by atoms with Crippen LogP contribution < -0.4 is 5.32 Å². The predicted molar refractivity (Wildman–Crippen MR) is 88.0 cm³/mol. The first-order valence-electron chi connectivity index (χ1n) is 7.98. The summed E-state index contributed by atoms with van der Waals surface area (Å²) in [5.41, 5.74) is 1.25.